The zero-order valence-electron chi connectivity index (χ0n) is 22.2. The molecule has 0 aliphatic carbocycles. The topological polar surface area (TPSA) is 123 Å². The van der Waals surface area contributed by atoms with E-state index >= 15 is 0 Å². The fourth-order valence-electron chi connectivity index (χ4n) is 4.73. The zero-order valence-corrected chi connectivity index (χ0v) is 22.2. The smallest absolute Gasteiger partial charge is 0.251 e. The van der Waals surface area contributed by atoms with Crippen LogP contribution in [0, 0.1) is 5.41 Å². The Labute approximate surface area is 229 Å². The summed E-state index contributed by atoms with van der Waals surface area (Å²) in [4.78, 5) is 27.9. The number of nitrogens with one attached hydrogen (secondary N) is 4. The molecule has 4 rings (SSSR count). The number of carbonyl (C=O) groups excluding carboxylic acids is 2. The van der Waals surface area contributed by atoms with E-state index in [4.69, 9.17) is 11.1 Å². The van der Waals surface area contributed by atoms with Gasteiger partial charge in [0.05, 0.1) is 6.04 Å². The number of fused-ring (bicyclic) bond motifs is 2. The van der Waals surface area contributed by atoms with E-state index in [1.165, 1.54) is 0 Å². The fourth-order valence-corrected chi connectivity index (χ4v) is 4.73. The Morgan fingerprint density at radius 2 is 1.56 bits per heavy atom. The van der Waals surface area contributed by atoms with Gasteiger partial charge >= 0.3 is 0 Å². The maximum Gasteiger partial charge on any atom is 0.251 e. The molecule has 0 radical (unpaired) electrons. The van der Waals surface area contributed by atoms with Crippen molar-refractivity contribution in [2.45, 2.75) is 25.4 Å². The van der Waals surface area contributed by atoms with E-state index in [-0.39, 0.29) is 17.8 Å². The normalized spacial score (nSPS) is 11.7. The number of guanidine groups is 1. The monoisotopic (exact) mass is 524 g/mol. The number of likely N-dealkylation sites (N-methyl/N-ethyl adjacent to an activating group) is 1. The molecule has 0 fully saturated rings. The van der Waals surface area contributed by atoms with E-state index in [0.717, 1.165) is 27.1 Å². The van der Waals surface area contributed by atoms with Gasteiger partial charge in [0, 0.05) is 38.8 Å². The first-order valence-corrected chi connectivity index (χ1v) is 13.2. The minimum absolute atomic E-state index is 0.0217. The molecule has 0 bridgehead atoms. The predicted molar refractivity (Wildman–Crippen MR) is 158 cm³/mol. The molecule has 8 heteroatoms. The fraction of sp³-hybridized carbons (Fsp3) is 0.258. The Hall–Kier alpha value is -4.43. The maximum atomic E-state index is 13.5. The average Bonchev–Trinajstić information content (AvgIpc) is 2.95. The summed E-state index contributed by atoms with van der Waals surface area (Å²) in [6.07, 6.45) is 1.23. The highest BCUT2D eigenvalue weighted by Crippen LogP contribution is 2.20. The zero-order chi connectivity index (χ0) is 27.6. The Morgan fingerprint density at radius 1 is 0.846 bits per heavy atom. The summed E-state index contributed by atoms with van der Waals surface area (Å²) in [5.41, 5.74) is 7.08. The number of benzene rings is 4. The molecular formula is C31H36N6O2. The lowest BCUT2D eigenvalue weighted by Gasteiger charge is -2.25. The van der Waals surface area contributed by atoms with Gasteiger partial charge in [-0.1, -0.05) is 72.8 Å². The number of amides is 2. The average molecular weight is 525 g/mol. The van der Waals surface area contributed by atoms with Gasteiger partial charge in [-0.3, -0.25) is 15.0 Å². The molecular weight excluding hydrogens is 488 g/mol. The highest BCUT2D eigenvalue weighted by molar-refractivity contribution is 5.98. The van der Waals surface area contributed by atoms with Gasteiger partial charge in [0.1, 0.15) is 0 Å². The molecule has 0 saturated heterocycles. The molecule has 6 N–H and O–H groups in total. The Balaban J connectivity index is 1.35. The molecule has 0 aromatic heterocycles. The summed E-state index contributed by atoms with van der Waals surface area (Å²) < 4.78 is 0. The molecule has 0 aliphatic rings. The van der Waals surface area contributed by atoms with Crippen LogP contribution in [-0.2, 0) is 11.3 Å². The number of hydrogen-bond acceptors (Lipinski definition) is 4. The summed E-state index contributed by atoms with van der Waals surface area (Å²) >= 11 is 0. The molecule has 0 unspecified atom stereocenters. The van der Waals surface area contributed by atoms with E-state index in [1.54, 1.807) is 4.90 Å². The molecule has 2 amide bonds. The number of carbonyl (C=O) groups is 2. The molecule has 1 atom stereocenters. The Bertz CT molecular complexity index is 1450. The third kappa shape index (κ3) is 7.55. The van der Waals surface area contributed by atoms with Crippen molar-refractivity contribution in [2.24, 2.45) is 5.73 Å². The summed E-state index contributed by atoms with van der Waals surface area (Å²) in [5.74, 6) is -0.258. The standard InChI is InChI=1S/C31H36N6O2/c1-37(21-26-12-6-11-23-9-4-5-13-27(23)26)30(39)28(14-7-17-36-31(32)33)34-18-19-35-29(38)25-16-15-22-8-2-3-10-24(22)20-25/h2-6,8-13,15-16,20,28,34H,7,14,17-19,21H2,1H3,(H,35,38)(H4,32,33,36)/t28-/m0/s1. The van der Waals surface area contributed by atoms with Crippen LogP contribution in [-0.4, -0.2) is 55.4 Å². The van der Waals surface area contributed by atoms with Crippen molar-refractivity contribution >= 4 is 39.3 Å². The molecule has 4 aromatic rings. The van der Waals surface area contributed by atoms with Crippen LogP contribution < -0.4 is 21.7 Å². The van der Waals surface area contributed by atoms with Gasteiger partial charge in [-0.05, 0) is 52.1 Å². The van der Waals surface area contributed by atoms with Crippen molar-refractivity contribution in [1.29, 1.82) is 5.41 Å². The number of rotatable bonds is 12. The van der Waals surface area contributed by atoms with Crippen LogP contribution in [0.1, 0.15) is 28.8 Å². The minimum atomic E-state index is -0.434. The van der Waals surface area contributed by atoms with Crippen molar-refractivity contribution in [3.63, 3.8) is 0 Å². The third-order valence-corrected chi connectivity index (χ3v) is 6.76. The molecule has 0 heterocycles. The minimum Gasteiger partial charge on any atom is -0.370 e. The molecule has 8 nitrogen and oxygen atoms in total. The molecule has 0 aliphatic heterocycles. The Kier molecular flexibility index (Phi) is 9.48. The Morgan fingerprint density at radius 3 is 2.36 bits per heavy atom. The highest BCUT2D eigenvalue weighted by atomic mass is 16.2. The molecule has 0 saturated carbocycles. The lowest BCUT2D eigenvalue weighted by molar-refractivity contribution is -0.132. The highest BCUT2D eigenvalue weighted by Gasteiger charge is 2.22. The van der Waals surface area contributed by atoms with Crippen LogP contribution in [0.15, 0.2) is 84.9 Å². The maximum absolute atomic E-state index is 13.5. The van der Waals surface area contributed by atoms with Crippen molar-refractivity contribution in [1.82, 2.24) is 20.9 Å². The largest absolute Gasteiger partial charge is 0.370 e. The van der Waals surface area contributed by atoms with Gasteiger partial charge in [0.15, 0.2) is 5.96 Å². The van der Waals surface area contributed by atoms with E-state index in [0.29, 0.717) is 44.6 Å². The molecule has 202 valence electrons. The van der Waals surface area contributed by atoms with E-state index in [2.05, 4.69) is 34.1 Å². The molecule has 39 heavy (non-hydrogen) atoms. The van der Waals surface area contributed by atoms with Gasteiger partial charge in [0.25, 0.3) is 5.91 Å². The number of nitrogens with zero attached hydrogens (tertiary/aromatic N) is 1. The van der Waals surface area contributed by atoms with E-state index in [9.17, 15) is 9.59 Å². The quantitative estimate of drug-likeness (QED) is 0.110. The summed E-state index contributed by atoms with van der Waals surface area (Å²) in [6, 6.07) is 27.4. The predicted octanol–water partition coefficient (Wildman–Crippen LogP) is 3.60. The van der Waals surface area contributed by atoms with Gasteiger partial charge in [-0.2, -0.15) is 0 Å². The second-order valence-corrected chi connectivity index (χ2v) is 9.64. The van der Waals surface area contributed by atoms with E-state index in [1.807, 2.05) is 73.8 Å². The van der Waals surface area contributed by atoms with Gasteiger partial charge in [-0.15, -0.1) is 0 Å². The van der Waals surface area contributed by atoms with Crippen LogP contribution in [0.4, 0.5) is 0 Å². The van der Waals surface area contributed by atoms with Crippen LogP contribution >= 0.6 is 0 Å². The number of hydrogen-bond donors (Lipinski definition) is 5. The third-order valence-electron chi connectivity index (χ3n) is 6.76. The molecule has 0 spiro atoms. The SMILES string of the molecule is CN(Cc1cccc2ccccc12)C(=O)[C@H](CCCNC(=N)N)NCCNC(=O)c1ccc2ccccc2c1. The van der Waals surface area contributed by atoms with E-state index < -0.39 is 6.04 Å². The van der Waals surface area contributed by atoms with Gasteiger partial charge in [0.2, 0.25) is 5.91 Å². The lowest BCUT2D eigenvalue weighted by atomic mass is 10.0. The first kappa shape index (κ1) is 27.6. The van der Waals surface area contributed by atoms with Gasteiger partial charge in [-0.25, -0.2) is 0 Å². The van der Waals surface area contributed by atoms with Crippen LogP contribution in [0.25, 0.3) is 21.5 Å². The van der Waals surface area contributed by atoms with Crippen molar-refractivity contribution in [3.8, 4) is 0 Å². The van der Waals surface area contributed by atoms with Crippen molar-refractivity contribution in [3.05, 3.63) is 96.1 Å². The first-order valence-electron chi connectivity index (χ1n) is 13.2. The van der Waals surface area contributed by atoms with Crippen molar-refractivity contribution < 1.29 is 9.59 Å². The van der Waals surface area contributed by atoms with Crippen LogP contribution in [0.3, 0.4) is 0 Å². The first-order chi connectivity index (χ1) is 18.9. The number of nitrogens with two attached hydrogens (primary N) is 1. The van der Waals surface area contributed by atoms with Crippen LogP contribution in [0.2, 0.25) is 0 Å². The lowest BCUT2D eigenvalue weighted by Crippen LogP contribution is -2.47. The summed E-state index contributed by atoms with van der Waals surface area (Å²) in [7, 11) is 1.81. The van der Waals surface area contributed by atoms with Crippen molar-refractivity contribution in [2.75, 3.05) is 26.7 Å². The summed E-state index contributed by atoms with van der Waals surface area (Å²) in [5, 5.41) is 20.8. The van der Waals surface area contributed by atoms with Crippen LogP contribution in [0.5, 0.6) is 0 Å². The second-order valence-electron chi connectivity index (χ2n) is 9.64. The van der Waals surface area contributed by atoms with Gasteiger partial charge < -0.3 is 26.6 Å². The molecule has 4 aromatic carbocycles. The second kappa shape index (κ2) is 13.4. The summed E-state index contributed by atoms with van der Waals surface area (Å²) in [6.45, 7) is 1.82.